The number of amides is 3. The van der Waals surface area contributed by atoms with Crippen molar-refractivity contribution in [1.29, 1.82) is 0 Å². The average molecular weight is 425 g/mol. The minimum Gasteiger partial charge on any atom is -0.370 e. The largest absolute Gasteiger partial charge is 0.370 e. The number of aromatic nitrogens is 3. The molecule has 4 N–H and O–H groups in total. The van der Waals surface area contributed by atoms with E-state index in [0.717, 1.165) is 27.7 Å². The van der Waals surface area contributed by atoms with Crippen molar-refractivity contribution in [1.82, 2.24) is 20.1 Å². The fourth-order valence-corrected chi connectivity index (χ4v) is 3.79. The Kier molecular flexibility index (Phi) is 7.08. The summed E-state index contributed by atoms with van der Waals surface area (Å²) in [4.78, 5) is 28.5. The number of nitrogens with one attached hydrogen (secondary N) is 2. The summed E-state index contributed by atoms with van der Waals surface area (Å²) in [5.74, 6) is 0.946. The van der Waals surface area contributed by atoms with E-state index < -0.39 is 0 Å². The molecule has 1 aromatic carbocycles. The monoisotopic (exact) mass is 424 g/mol. The second-order valence-electron chi connectivity index (χ2n) is 6.73. The van der Waals surface area contributed by atoms with Crippen LogP contribution in [0.15, 0.2) is 53.6 Å². The van der Waals surface area contributed by atoms with Crippen molar-refractivity contribution in [2.45, 2.75) is 31.7 Å². The molecule has 0 saturated carbocycles. The summed E-state index contributed by atoms with van der Waals surface area (Å²) < 4.78 is 1.78. The number of aryl methyl sites for hydroxylation is 2. The molecule has 2 aromatic heterocycles. The Labute approximate surface area is 179 Å². The molecular weight excluding hydrogens is 400 g/mol. The zero-order valence-electron chi connectivity index (χ0n) is 16.9. The number of benzene rings is 1. The Morgan fingerprint density at radius 2 is 1.97 bits per heavy atom. The smallest absolute Gasteiger partial charge is 0.319 e. The predicted octanol–water partition coefficient (Wildman–Crippen LogP) is 3.17. The predicted molar refractivity (Wildman–Crippen MR) is 118 cm³/mol. The Morgan fingerprint density at radius 3 is 2.63 bits per heavy atom. The molecule has 30 heavy (non-hydrogen) atoms. The number of pyridine rings is 1. The first-order chi connectivity index (χ1) is 14.4. The van der Waals surface area contributed by atoms with Crippen LogP contribution in [0.4, 0.5) is 10.5 Å². The highest BCUT2D eigenvalue weighted by Crippen LogP contribution is 2.27. The van der Waals surface area contributed by atoms with Crippen LogP contribution in [-0.2, 0) is 11.3 Å². The van der Waals surface area contributed by atoms with E-state index in [1.807, 2.05) is 56.3 Å². The molecular formula is C21H24N6O2S. The third-order valence-electron chi connectivity index (χ3n) is 4.23. The summed E-state index contributed by atoms with van der Waals surface area (Å²) >= 11 is 1.47. The van der Waals surface area contributed by atoms with Crippen LogP contribution in [0.25, 0.3) is 5.82 Å². The summed E-state index contributed by atoms with van der Waals surface area (Å²) in [5.41, 5.74) is 8.68. The van der Waals surface area contributed by atoms with Gasteiger partial charge >= 0.3 is 6.03 Å². The molecule has 8 nitrogen and oxygen atoms in total. The number of urea groups is 1. The van der Waals surface area contributed by atoms with Crippen LogP contribution >= 0.6 is 11.8 Å². The number of para-hydroxylation sites is 1. The molecule has 2 heterocycles. The Hall–Kier alpha value is -3.33. The maximum absolute atomic E-state index is 12.3. The normalized spacial score (nSPS) is 10.6. The number of hydrogen-bond acceptors (Lipinski definition) is 5. The Balaban J connectivity index is 1.55. The minimum atomic E-state index is -0.344. The first-order valence-electron chi connectivity index (χ1n) is 9.46. The third kappa shape index (κ3) is 5.84. The van der Waals surface area contributed by atoms with Crippen molar-refractivity contribution < 1.29 is 9.59 Å². The van der Waals surface area contributed by atoms with E-state index in [1.54, 1.807) is 10.9 Å². The second kappa shape index (κ2) is 9.93. The van der Waals surface area contributed by atoms with Gasteiger partial charge < -0.3 is 16.4 Å². The maximum Gasteiger partial charge on any atom is 0.319 e. The van der Waals surface area contributed by atoms with Gasteiger partial charge in [0.2, 0.25) is 5.91 Å². The van der Waals surface area contributed by atoms with Gasteiger partial charge in [0.25, 0.3) is 0 Å². The highest BCUT2D eigenvalue weighted by atomic mass is 32.2. The van der Waals surface area contributed by atoms with Crippen LogP contribution in [0, 0.1) is 13.8 Å². The first-order valence-corrected chi connectivity index (χ1v) is 10.4. The standard InChI is InChI=1S/C21H24N6O2S/c1-14-11-15(2)27(26-14)20-8-7-16(12-23-20)13-24-21(29)25-17-5-3-4-6-18(17)30-10-9-19(22)28/h3-8,11-12H,9-10,13H2,1-2H3,(H2,22,28)(H2,24,25,29). The first kappa shape index (κ1) is 21.4. The summed E-state index contributed by atoms with van der Waals surface area (Å²) in [7, 11) is 0. The van der Waals surface area contributed by atoms with Crippen LogP contribution in [0.2, 0.25) is 0 Å². The van der Waals surface area contributed by atoms with Crippen LogP contribution in [-0.4, -0.2) is 32.5 Å². The summed E-state index contributed by atoms with van der Waals surface area (Å²) in [6.45, 7) is 4.26. The Bertz CT molecular complexity index is 1030. The van der Waals surface area contributed by atoms with Gasteiger partial charge in [-0.05, 0) is 43.7 Å². The lowest BCUT2D eigenvalue weighted by molar-refractivity contribution is -0.117. The number of carbonyl (C=O) groups is 2. The SMILES string of the molecule is Cc1cc(C)n(-c2ccc(CNC(=O)Nc3ccccc3SCCC(N)=O)cn2)n1. The third-order valence-corrected chi connectivity index (χ3v) is 5.31. The molecule has 9 heteroatoms. The molecule has 0 atom stereocenters. The molecule has 156 valence electrons. The molecule has 3 aromatic rings. The van der Waals surface area contributed by atoms with Gasteiger partial charge in [0.1, 0.15) is 0 Å². The van der Waals surface area contributed by atoms with E-state index in [0.29, 0.717) is 18.0 Å². The van der Waals surface area contributed by atoms with E-state index >= 15 is 0 Å². The average Bonchev–Trinajstić information content (AvgIpc) is 3.06. The van der Waals surface area contributed by atoms with Gasteiger partial charge in [-0.1, -0.05) is 18.2 Å². The lowest BCUT2D eigenvalue weighted by atomic mass is 10.3. The van der Waals surface area contributed by atoms with Gasteiger partial charge in [-0.3, -0.25) is 4.79 Å². The maximum atomic E-state index is 12.3. The van der Waals surface area contributed by atoms with Gasteiger partial charge in [0.15, 0.2) is 5.82 Å². The molecule has 0 saturated heterocycles. The zero-order valence-corrected chi connectivity index (χ0v) is 17.7. The molecule has 3 amide bonds. The number of hydrogen-bond donors (Lipinski definition) is 3. The van der Waals surface area contributed by atoms with Gasteiger partial charge in [-0.2, -0.15) is 5.10 Å². The number of nitrogens with zero attached hydrogens (tertiary/aromatic N) is 3. The molecule has 0 aliphatic rings. The van der Waals surface area contributed by atoms with Crippen LogP contribution < -0.4 is 16.4 Å². The summed E-state index contributed by atoms with van der Waals surface area (Å²) in [6.07, 6.45) is 2.01. The topological polar surface area (TPSA) is 115 Å². The van der Waals surface area contributed by atoms with Crippen LogP contribution in [0.3, 0.4) is 0 Å². The number of nitrogens with two attached hydrogens (primary N) is 1. The van der Waals surface area contributed by atoms with Crippen molar-refractivity contribution in [2.24, 2.45) is 5.73 Å². The summed E-state index contributed by atoms with van der Waals surface area (Å²) in [6, 6.07) is 12.9. The number of rotatable bonds is 8. The van der Waals surface area contributed by atoms with Crippen LogP contribution in [0.1, 0.15) is 23.4 Å². The van der Waals surface area contributed by atoms with Crippen molar-refractivity contribution >= 4 is 29.4 Å². The minimum absolute atomic E-state index is 0.284. The molecule has 0 aliphatic carbocycles. The van der Waals surface area contributed by atoms with Gasteiger partial charge in [-0.25, -0.2) is 14.5 Å². The highest BCUT2D eigenvalue weighted by Gasteiger charge is 2.09. The van der Waals surface area contributed by atoms with E-state index in [2.05, 4.69) is 20.7 Å². The fraction of sp³-hybridized carbons (Fsp3) is 0.238. The lowest BCUT2D eigenvalue weighted by Crippen LogP contribution is -2.28. The number of anilines is 1. The van der Waals surface area contributed by atoms with Crippen molar-refractivity contribution in [3.63, 3.8) is 0 Å². The van der Waals surface area contributed by atoms with Crippen molar-refractivity contribution in [2.75, 3.05) is 11.1 Å². The molecule has 0 unspecified atom stereocenters. The number of thioether (sulfide) groups is 1. The van der Waals surface area contributed by atoms with Gasteiger partial charge in [0, 0.05) is 35.5 Å². The van der Waals surface area contributed by atoms with Gasteiger partial charge in [0.05, 0.1) is 11.4 Å². The zero-order chi connectivity index (χ0) is 21.5. The molecule has 0 bridgehead atoms. The molecule has 0 fully saturated rings. The molecule has 0 spiro atoms. The van der Waals surface area contributed by atoms with Crippen molar-refractivity contribution in [3.8, 4) is 5.82 Å². The fourth-order valence-electron chi connectivity index (χ4n) is 2.81. The van der Waals surface area contributed by atoms with E-state index in [4.69, 9.17) is 5.73 Å². The number of carbonyl (C=O) groups excluding carboxylic acids is 2. The van der Waals surface area contributed by atoms with E-state index in [9.17, 15) is 9.59 Å². The second-order valence-corrected chi connectivity index (χ2v) is 7.87. The van der Waals surface area contributed by atoms with Crippen molar-refractivity contribution in [3.05, 3.63) is 65.6 Å². The van der Waals surface area contributed by atoms with Gasteiger partial charge in [-0.15, -0.1) is 11.8 Å². The molecule has 0 radical (unpaired) electrons. The lowest BCUT2D eigenvalue weighted by Gasteiger charge is -2.12. The highest BCUT2D eigenvalue weighted by molar-refractivity contribution is 7.99. The summed E-state index contributed by atoms with van der Waals surface area (Å²) in [5, 5.41) is 10.1. The quantitative estimate of drug-likeness (QED) is 0.481. The number of primary amides is 1. The van der Waals surface area contributed by atoms with E-state index in [1.165, 1.54) is 11.8 Å². The Morgan fingerprint density at radius 1 is 1.17 bits per heavy atom. The van der Waals surface area contributed by atoms with E-state index in [-0.39, 0.29) is 18.4 Å². The molecule has 3 rings (SSSR count). The molecule has 0 aliphatic heterocycles. The van der Waals surface area contributed by atoms with Crippen LogP contribution in [0.5, 0.6) is 0 Å².